The average Bonchev–Trinajstić information content (AvgIpc) is 2.27. The summed E-state index contributed by atoms with van der Waals surface area (Å²) in [6.07, 6.45) is 0.794. The monoisotopic (exact) mass is 247 g/mol. The Kier molecular flexibility index (Phi) is 3.33. The molecule has 1 aromatic carbocycles. The van der Waals surface area contributed by atoms with Gasteiger partial charge in [0, 0.05) is 17.9 Å². The Bertz CT molecular complexity index is 452. The van der Waals surface area contributed by atoms with Gasteiger partial charge >= 0.3 is 0 Å². The zero-order chi connectivity index (χ0) is 13.3. The van der Waals surface area contributed by atoms with Gasteiger partial charge in [0.2, 0.25) is 5.91 Å². The summed E-state index contributed by atoms with van der Waals surface area (Å²) in [7, 11) is 0. The SMILES string of the molecule is CC(C)C(=O)N[C@H]1CC(C)(C)Oc2ccccc21. The summed E-state index contributed by atoms with van der Waals surface area (Å²) in [5.41, 5.74) is 0.828. The van der Waals surface area contributed by atoms with Crippen molar-refractivity contribution >= 4 is 5.91 Å². The number of carbonyl (C=O) groups is 1. The van der Waals surface area contributed by atoms with E-state index in [-0.39, 0.29) is 23.5 Å². The molecule has 98 valence electrons. The molecular formula is C15H21NO2. The van der Waals surface area contributed by atoms with E-state index in [0.29, 0.717) is 0 Å². The maximum atomic E-state index is 11.9. The molecule has 1 aliphatic rings. The van der Waals surface area contributed by atoms with E-state index in [4.69, 9.17) is 4.74 Å². The number of benzene rings is 1. The topological polar surface area (TPSA) is 38.3 Å². The minimum Gasteiger partial charge on any atom is -0.487 e. The lowest BCUT2D eigenvalue weighted by molar-refractivity contribution is -0.125. The first kappa shape index (κ1) is 12.9. The maximum absolute atomic E-state index is 11.9. The summed E-state index contributed by atoms with van der Waals surface area (Å²) in [5.74, 6) is 0.971. The van der Waals surface area contributed by atoms with Crippen molar-refractivity contribution in [2.24, 2.45) is 5.92 Å². The molecule has 1 aromatic rings. The molecular weight excluding hydrogens is 226 g/mol. The van der Waals surface area contributed by atoms with Crippen molar-refractivity contribution in [3.8, 4) is 5.75 Å². The Morgan fingerprint density at radius 1 is 1.39 bits per heavy atom. The van der Waals surface area contributed by atoms with Crippen LogP contribution in [0, 0.1) is 5.92 Å². The van der Waals surface area contributed by atoms with E-state index in [9.17, 15) is 4.79 Å². The molecule has 0 saturated heterocycles. The molecule has 0 saturated carbocycles. The molecule has 3 nitrogen and oxygen atoms in total. The van der Waals surface area contributed by atoms with E-state index in [0.717, 1.165) is 17.7 Å². The van der Waals surface area contributed by atoms with Gasteiger partial charge in [-0.2, -0.15) is 0 Å². The molecule has 1 aliphatic heterocycles. The fraction of sp³-hybridized carbons (Fsp3) is 0.533. The Labute approximate surface area is 109 Å². The normalized spacial score (nSPS) is 21.1. The Hall–Kier alpha value is -1.51. The fourth-order valence-corrected chi connectivity index (χ4v) is 2.27. The Morgan fingerprint density at radius 3 is 2.72 bits per heavy atom. The smallest absolute Gasteiger partial charge is 0.223 e. The highest BCUT2D eigenvalue weighted by molar-refractivity contribution is 5.78. The first-order chi connectivity index (χ1) is 8.39. The van der Waals surface area contributed by atoms with E-state index in [1.807, 2.05) is 38.1 Å². The molecule has 0 bridgehead atoms. The van der Waals surface area contributed by atoms with Gasteiger partial charge in [0.05, 0.1) is 6.04 Å². The highest BCUT2D eigenvalue weighted by atomic mass is 16.5. The van der Waals surface area contributed by atoms with Crippen molar-refractivity contribution in [3.63, 3.8) is 0 Å². The number of amides is 1. The number of hydrogen-bond acceptors (Lipinski definition) is 2. The molecule has 1 heterocycles. The van der Waals surface area contributed by atoms with Gasteiger partial charge in [-0.25, -0.2) is 0 Å². The van der Waals surface area contributed by atoms with Gasteiger partial charge in [-0.15, -0.1) is 0 Å². The lowest BCUT2D eigenvalue weighted by Gasteiger charge is -2.38. The van der Waals surface area contributed by atoms with E-state index >= 15 is 0 Å². The van der Waals surface area contributed by atoms with Gasteiger partial charge in [-0.05, 0) is 19.9 Å². The second kappa shape index (κ2) is 4.63. The van der Waals surface area contributed by atoms with Crippen molar-refractivity contribution < 1.29 is 9.53 Å². The quantitative estimate of drug-likeness (QED) is 0.872. The van der Waals surface area contributed by atoms with Crippen molar-refractivity contribution in [1.29, 1.82) is 0 Å². The van der Waals surface area contributed by atoms with Gasteiger partial charge < -0.3 is 10.1 Å². The third-order valence-corrected chi connectivity index (χ3v) is 3.22. The second-order valence-electron chi connectivity index (χ2n) is 5.82. The Morgan fingerprint density at radius 2 is 2.06 bits per heavy atom. The standard InChI is InChI=1S/C15H21NO2/c1-10(2)14(17)16-12-9-15(3,4)18-13-8-6-5-7-11(12)13/h5-8,10,12H,9H2,1-4H3,(H,16,17)/t12-/m0/s1. The lowest BCUT2D eigenvalue weighted by Crippen LogP contribution is -2.42. The lowest BCUT2D eigenvalue weighted by atomic mass is 9.89. The molecule has 0 aromatic heterocycles. The maximum Gasteiger partial charge on any atom is 0.223 e. The first-order valence-corrected chi connectivity index (χ1v) is 6.47. The van der Waals surface area contributed by atoms with E-state index in [1.54, 1.807) is 0 Å². The molecule has 2 rings (SSSR count). The predicted octanol–water partition coefficient (Wildman–Crippen LogP) is 3.06. The van der Waals surface area contributed by atoms with Crippen LogP contribution in [0.15, 0.2) is 24.3 Å². The number of hydrogen-bond donors (Lipinski definition) is 1. The van der Waals surface area contributed by atoms with Crippen LogP contribution in [0.5, 0.6) is 5.75 Å². The summed E-state index contributed by atoms with van der Waals surface area (Å²) in [5, 5.41) is 3.11. The van der Waals surface area contributed by atoms with E-state index < -0.39 is 0 Å². The zero-order valence-corrected chi connectivity index (χ0v) is 11.5. The minimum absolute atomic E-state index is 0.00289. The largest absolute Gasteiger partial charge is 0.487 e. The van der Waals surface area contributed by atoms with Crippen LogP contribution in [-0.4, -0.2) is 11.5 Å². The summed E-state index contributed by atoms with van der Waals surface area (Å²) < 4.78 is 5.94. The van der Waals surface area contributed by atoms with E-state index in [1.165, 1.54) is 0 Å². The second-order valence-corrected chi connectivity index (χ2v) is 5.82. The fourth-order valence-electron chi connectivity index (χ4n) is 2.27. The molecule has 18 heavy (non-hydrogen) atoms. The number of ether oxygens (including phenoxy) is 1. The van der Waals surface area contributed by atoms with Gasteiger partial charge in [0.15, 0.2) is 0 Å². The number of nitrogens with one attached hydrogen (secondary N) is 1. The Balaban J connectivity index is 2.27. The number of carbonyl (C=O) groups excluding carboxylic acids is 1. The summed E-state index contributed by atoms with van der Waals surface area (Å²) in [4.78, 5) is 11.9. The third kappa shape index (κ3) is 2.66. The van der Waals surface area contributed by atoms with Gasteiger partial charge in [-0.1, -0.05) is 32.0 Å². The third-order valence-electron chi connectivity index (χ3n) is 3.22. The molecule has 0 unspecified atom stereocenters. The zero-order valence-electron chi connectivity index (χ0n) is 11.5. The van der Waals surface area contributed by atoms with Crippen molar-refractivity contribution in [2.75, 3.05) is 0 Å². The first-order valence-electron chi connectivity index (χ1n) is 6.47. The van der Waals surface area contributed by atoms with Crippen LogP contribution in [0.25, 0.3) is 0 Å². The van der Waals surface area contributed by atoms with Crippen LogP contribution in [0.4, 0.5) is 0 Å². The number of rotatable bonds is 2. The predicted molar refractivity (Wildman–Crippen MR) is 71.5 cm³/mol. The molecule has 0 radical (unpaired) electrons. The van der Waals surface area contributed by atoms with Crippen molar-refractivity contribution in [2.45, 2.75) is 45.8 Å². The highest BCUT2D eigenvalue weighted by Gasteiger charge is 2.34. The molecule has 0 aliphatic carbocycles. The van der Waals surface area contributed by atoms with Crippen LogP contribution < -0.4 is 10.1 Å². The number of fused-ring (bicyclic) bond motifs is 1. The van der Waals surface area contributed by atoms with Crippen molar-refractivity contribution in [3.05, 3.63) is 29.8 Å². The average molecular weight is 247 g/mol. The highest BCUT2D eigenvalue weighted by Crippen LogP contribution is 2.39. The molecule has 1 amide bonds. The van der Waals surface area contributed by atoms with Crippen molar-refractivity contribution in [1.82, 2.24) is 5.32 Å². The molecule has 1 atom stereocenters. The molecule has 1 N–H and O–H groups in total. The van der Waals surface area contributed by atoms with Crippen LogP contribution in [0.3, 0.4) is 0 Å². The summed E-state index contributed by atoms with van der Waals surface area (Å²) in [6.45, 7) is 7.92. The van der Waals surface area contributed by atoms with Crippen LogP contribution in [-0.2, 0) is 4.79 Å². The van der Waals surface area contributed by atoms with Gasteiger partial charge in [-0.3, -0.25) is 4.79 Å². The molecule has 0 spiro atoms. The van der Waals surface area contributed by atoms with E-state index in [2.05, 4.69) is 19.2 Å². The molecule has 3 heteroatoms. The van der Waals surface area contributed by atoms with Crippen LogP contribution in [0.1, 0.15) is 45.7 Å². The number of para-hydroxylation sites is 1. The van der Waals surface area contributed by atoms with Gasteiger partial charge in [0.1, 0.15) is 11.4 Å². The minimum atomic E-state index is -0.247. The summed E-state index contributed by atoms with van der Waals surface area (Å²) in [6, 6.07) is 7.97. The van der Waals surface area contributed by atoms with Crippen LogP contribution >= 0.6 is 0 Å². The van der Waals surface area contributed by atoms with Gasteiger partial charge in [0.25, 0.3) is 0 Å². The molecule has 0 fully saturated rings. The summed E-state index contributed by atoms with van der Waals surface area (Å²) >= 11 is 0. The van der Waals surface area contributed by atoms with Crippen LogP contribution in [0.2, 0.25) is 0 Å².